The van der Waals surface area contributed by atoms with Crippen molar-refractivity contribution in [2.45, 2.75) is 6.92 Å². The van der Waals surface area contributed by atoms with Crippen molar-refractivity contribution in [2.24, 2.45) is 0 Å². The lowest BCUT2D eigenvalue weighted by Crippen LogP contribution is -1.96. The van der Waals surface area contributed by atoms with Crippen molar-refractivity contribution in [1.29, 1.82) is 5.26 Å². The van der Waals surface area contributed by atoms with Crippen LogP contribution in [0, 0.1) is 28.4 Å². The molecule has 6 nitrogen and oxygen atoms in total. The molecule has 0 N–H and O–H groups in total. The Labute approximate surface area is 122 Å². The van der Waals surface area contributed by atoms with Crippen LogP contribution in [0.15, 0.2) is 34.9 Å². The van der Waals surface area contributed by atoms with Gasteiger partial charge in [0.25, 0.3) is 5.69 Å². The molecule has 7 heteroatoms. The Morgan fingerprint density at radius 1 is 1.45 bits per heavy atom. The monoisotopic (exact) mass is 333 g/mol. The van der Waals surface area contributed by atoms with Gasteiger partial charge in [-0.3, -0.25) is 10.1 Å². The van der Waals surface area contributed by atoms with Crippen LogP contribution in [0.4, 0.5) is 5.69 Å². The van der Waals surface area contributed by atoms with Gasteiger partial charge in [0.2, 0.25) is 5.88 Å². The van der Waals surface area contributed by atoms with E-state index in [0.29, 0.717) is 5.56 Å². The molecule has 1 heterocycles. The third-order valence-corrected chi connectivity index (χ3v) is 3.38. The molecule has 0 bridgehead atoms. The Kier molecular flexibility index (Phi) is 3.96. The fourth-order valence-corrected chi connectivity index (χ4v) is 2.06. The van der Waals surface area contributed by atoms with E-state index in [2.05, 4.69) is 20.9 Å². The third kappa shape index (κ3) is 2.60. The highest BCUT2D eigenvalue weighted by Crippen LogP contribution is 2.36. The summed E-state index contributed by atoms with van der Waals surface area (Å²) in [4.78, 5) is 14.3. The summed E-state index contributed by atoms with van der Waals surface area (Å²) in [5.74, 6) is 0.350. The number of nitriles is 1. The predicted molar refractivity (Wildman–Crippen MR) is 74.6 cm³/mol. The first-order chi connectivity index (χ1) is 9.54. The number of hydrogen-bond acceptors (Lipinski definition) is 5. The van der Waals surface area contributed by atoms with Crippen LogP contribution in [0.1, 0.15) is 11.1 Å². The Balaban J connectivity index is 2.47. The molecule has 0 aliphatic rings. The predicted octanol–water partition coefficient (Wildman–Crippen LogP) is 3.72. The van der Waals surface area contributed by atoms with Gasteiger partial charge in [-0.1, -0.05) is 6.07 Å². The number of hydrogen-bond donors (Lipinski definition) is 0. The first-order valence-corrected chi connectivity index (χ1v) is 6.30. The number of nitro groups is 1. The molecule has 0 saturated heterocycles. The van der Waals surface area contributed by atoms with Crippen molar-refractivity contribution in [3.63, 3.8) is 0 Å². The summed E-state index contributed by atoms with van der Waals surface area (Å²) in [5.41, 5.74) is 0.902. The quantitative estimate of drug-likeness (QED) is 0.630. The highest BCUT2D eigenvalue weighted by atomic mass is 79.9. The van der Waals surface area contributed by atoms with E-state index in [1.807, 2.05) is 6.07 Å². The zero-order chi connectivity index (χ0) is 14.7. The number of aryl methyl sites for hydroxylation is 1. The first-order valence-electron chi connectivity index (χ1n) is 5.51. The van der Waals surface area contributed by atoms with E-state index in [4.69, 9.17) is 10.00 Å². The average Bonchev–Trinajstić information content (AvgIpc) is 2.41. The van der Waals surface area contributed by atoms with Crippen LogP contribution in [-0.2, 0) is 0 Å². The summed E-state index contributed by atoms with van der Waals surface area (Å²) in [6.45, 7) is 1.76. The largest absolute Gasteiger partial charge is 0.436 e. The molecule has 1 aromatic carbocycles. The van der Waals surface area contributed by atoms with Gasteiger partial charge in [0.1, 0.15) is 16.1 Å². The number of nitro benzene ring substituents is 1. The molecule has 100 valence electrons. The molecule has 20 heavy (non-hydrogen) atoms. The van der Waals surface area contributed by atoms with Crippen molar-refractivity contribution in [3.8, 4) is 17.7 Å². The fraction of sp³-hybridized carbons (Fsp3) is 0.0769. The van der Waals surface area contributed by atoms with E-state index in [-0.39, 0.29) is 21.8 Å². The molecule has 0 fully saturated rings. The summed E-state index contributed by atoms with van der Waals surface area (Å²) in [6.07, 6.45) is 1.51. The van der Waals surface area contributed by atoms with E-state index in [1.54, 1.807) is 19.1 Å². The number of pyridine rings is 1. The number of aromatic nitrogens is 1. The summed E-state index contributed by atoms with van der Waals surface area (Å²) < 4.78 is 5.72. The van der Waals surface area contributed by atoms with Gasteiger partial charge >= 0.3 is 0 Å². The Morgan fingerprint density at radius 2 is 2.20 bits per heavy atom. The molecular weight excluding hydrogens is 326 g/mol. The van der Waals surface area contributed by atoms with Gasteiger partial charge in [-0.25, -0.2) is 4.98 Å². The fourth-order valence-electron chi connectivity index (χ4n) is 1.57. The van der Waals surface area contributed by atoms with Gasteiger partial charge in [-0.15, -0.1) is 0 Å². The van der Waals surface area contributed by atoms with Crippen LogP contribution in [0.2, 0.25) is 0 Å². The molecule has 0 unspecified atom stereocenters. The SMILES string of the molecule is Cc1ccnc(Oc2cccc([N+](=O)[O-])c2Br)c1C#N. The van der Waals surface area contributed by atoms with Crippen molar-refractivity contribution >= 4 is 21.6 Å². The summed E-state index contributed by atoms with van der Waals surface area (Å²) in [6, 6.07) is 8.10. The second-order valence-electron chi connectivity index (χ2n) is 3.87. The van der Waals surface area contributed by atoms with Gasteiger partial charge < -0.3 is 4.74 Å². The number of rotatable bonds is 3. The van der Waals surface area contributed by atoms with Crippen molar-refractivity contribution in [3.05, 3.63) is 56.2 Å². The second kappa shape index (κ2) is 5.67. The van der Waals surface area contributed by atoms with Crippen LogP contribution in [-0.4, -0.2) is 9.91 Å². The van der Waals surface area contributed by atoms with E-state index < -0.39 is 4.92 Å². The van der Waals surface area contributed by atoms with Crippen LogP contribution in [0.3, 0.4) is 0 Å². The lowest BCUT2D eigenvalue weighted by molar-refractivity contribution is -0.385. The lowest BCUT2D eigenvalue weighted by Gasteiger charge is -2.09. The van der Waals surface area contributed by atoms with Gasteiger partial charge in [0.05, 0.1) is 4.92 Å². The molecule has 2 aromatic rings. The van der Waals surface area contributed by atoms with Gasteiger partial charge in [-0.05, 0) is 40.5 Å². The highest BCUT2D eigenvalue weighted by Gasteiger charge is 2.18. The molecule has 0 atom stereocenters. The zero-order valence-corrected chi connectivity index (χ0v) is 11.9. The summed E-state index contributed by atoms with van der Waals surface area (Å²) in [5, 5.41) is 20.0. The molecule has 0 aliphatic carbocycles. The van der Waals surface area contributed by atoms with Gasteiger partial charge in [0, 0.05) is 12.3 Å². The number of benzene rings is 1. The maximum absolute atomic E-state index is 10.9. The number of halogens is 1. The van der Waals surface area contributed by atoms with E-state index >= 15 is 0 Å². The Hall–Kier alpha value is -2.46. The van der Waals surface area contributed by atoms with Crippen molar-refractivity contribution in [2.75, 3.05) is 0 Å². The van der Waals surface area contributed by atoms with E-state index in [0.717, 1.165) is 5.56 Å². The van der Waals surface area contributed by atoms with Crippen molar-refractivity contribution in [1.82, 2.24) is 4.98 Å². The third-order valence-electron chi connectivity index (χ3n) is 2.58. The zero-order valence-electron chi connectivity index (χ0n) is 10.3. The molecule has 0 saturated carbocycles. The van der Waals surface area contributed by atoms with Crippen LogP contribution >= 0.6 is 15.9 Å². The highest BCUT2D eigenvalue weighted by molar-refractivity contribution is 9.10. The number of nitrogens with zero attached hydrogens (tertiary/aromatic N) is 3. The molecule has 2 rings (SSSR count). The summed E-state index contributed by atoms with van der Waals surface area (Å²) >= 11 is 3.13. The summed E-state index contributed by atoms with van der Waals surface area (Å²) in [7, 11) is 0. The van der Waals surface area contributed by atoms with E-state index in [1.165, 1.54) is 18.3 Å². The van der Waals surface area contributed by atoms with Crippen molar-refractivity contribution < 1.29 is 9.66 Å². The van der Waals surface area contributed by atoms with Crippen LogP contribution in [0.5, 0.6) is 11.6 Å². The first kappa shape index (κ1) is 14.0. The van der Waals surface area contributed by atoms with Gasteiger partial charge in [0.15, 0.2) is 5.75 Å². The minimum absolute atomic E-state index is 0.117. The minimum Gasteiger partial charge on any atom is -0.436 e. The molecule has 1 aromatic heterocycles. The molecular formula is C13H8BrN3O3. The standard InChI is InChI=1S/C13H8BrN3O3/c1-8-5-6-16-13(9(8)7-15)20-11-4-2-3-10(12(11)14)17(18)19/h2-6H,1H3. The topological polar surface area (TPSA) is 89.1 Å². The average molecular weight is 334 g/mol. The number of ether oxygens (including phenoxy) is 1. The lowest BCUT2D eigenvalue weighted by atomic mass is 10.2. The molecule has 0 radical (unpaired) electrons. The molecule has 0 amide bonds. The van der Waals surface area contributed by atoms with Gasteiger partial charge in [-0.2, -0.15) is 5.26 Å². The molecule has 0 spiro atoms. The Morgan fingerprint density at radius 3 is 2.85 bits per heavy atom. The molecule has 0 aliphatic heterocycles. The maximum Gasteiger partial charge on any atom is 0.287 e. The van der Waals surface area contributed by atoms with Crippen LogP contribution in [0.25, 0.3) is 0 Å². The van der Waals surface area contributed by atoms with Crippen LogP contribution < -0.4 is 4.74 Å². The smallest absolute Gasteiger partial charge is 0.287 e. The minimum atomic E-state index is -0.522. The normalized spacial score (nSPS) is 9.85. The second-order valence-corrected chi connectivity index (χ2v) is 4.66. The maximum atomic E-state index is 10.9. The van der Waals surface area contributed by atoms with E-state index in [9.17, 15) is 10.1 Å². The Bertz CT molecular complexity index is 725.